The number of esters is 2. The average molecular weight is 230 g/mol. The molecule has 0 aliphatic heterocycles. The maximum Gasteiger partial charge on any atom is 0.313 e. The lowest BCUT2D eigenvalue weighted by Crippen LogP contribution is -2.22. The zero-order valence-electron chi connectivity index (χ0n) is 9.28. The summed E-state index contributed by atoms with van der Waals surface area (Å²) in [6, 6.07) is 0. The van der Waals surface area contributed by atoms with Gasteiger partial charge < -0.3 is 9.47 Å². The van der Waals surface area contributed by atoms with Crippen molar-refractivity contribution in [1.82, 2.24) is 0 Å². The normalized spacial score (nSPS) is 9.38. The molecule has 0 rings (SSSR count). The highest BCUT2D eigenvalue weighted by Crippen LogP contribution is 1.96. The van der Waals surface area contributed by atoms with E-state index in [0.29, 0.717) is 0 Å². The Bertz CT molecular complexity index is 264. The summed E-state index contributed by atoms with van der Waals surface area (Å²) >= 11 is 0. The third-order valence-electron chi connectivity index (χ3n) is 1.53. The van der Waals surface area contributed by atoms with E-state index < -0.39 is 36.3 Å². The van der Waals surface area contributed by atoms with Crippen molar-refractivity contribution in [3.63, 3.8) is 0 Å². The predicted octanol–water partition coefficient (Wildman–Crippen LogP) is 0.0310. The van der Waals surface area contributed by atoms with Crippen LogP contribution in [0, 0.1) is 0 Å². The first-order chi connectivity index (χ1) is 7.51. The topological polar surface area (TPSA) is 86.7 Å². The van der Waals surface area contributed by atoms with Crippen molar-refractivity contribution in [3.8, 4) is 0 Å². The SMILES string of the molecule is CCOC(=O)CC(=O)C(=O)CC(=O)OCC. The number of ketones is 2. The van der Waals surface area contributed by atoms with E-state index in [1.807, 2.05) is 0 Å². The smallest absolute Gasteiger partial charge is 0.313 e. The first-order valence-electron chi connectivity index (χ1n) is 4.88. The average Bonchev–Trinajstić information content (AvgIpc) is 2.17. The second-order valence-corrected chi connectivity index (χ2v) is 2.81. The number of carbonyl (C=O) groups excluding carboxylic acids is 4. The predicted molar refractivity (Wildman–Crippen MR) is 52.5 cm³/mol. The molecule has 0 spiro atoms. The highest BCUT2D eigenvalue weighted by Gasteiger charge is 2.21. The van der Waals surface area contributed by atoms with Crippen LogP contribution in [-0.4, -0.2) is 36.7 Å². The Kier molecular flexibility index (Phi) is 6.74. The van der Waals surface area contributed by atoms with Crippen molar-refractivity contribution in [1.29, 1.82) is 0 Å². The fourth-order valence-corrected chi connectivity index (χ4v) is 0.883. The lowest BCUT2D eigenvalue weighted by Gasteiger charge is -2.01. The van der Waals surface area contributed by atoms with Crippen LogP contribution >= 0.6 is 0 Å². The van der Waals surface area contributed by atoms with Gasteiger partial charge in [0.25, 0.3) is 0 Å². The van der Waals surface area contributed by atoms with E-state index in [-0.39, 0.29) is 13.2 Å². The molecule has 6 nitrogen and oxygen atoms in total. The molecule has 6 heteroatoms. The van der Waals surface area contributed by atoms with E-state index in [4.69, 9.17) is 0 Å². The quantitative estimate of drug-likeness (QED) is 0.348. The van der Waals surface area contributed by atoms with Crippen LogP contribution in [0.4, 0.5) is 0 Å². The Morgan fingerprint density at radius 1 is 0.750 bits per heavy atom. The fraction of sp³-hybridized carbons (Fsp3) is 0.600. The molecule has 0 bridgehead atoms. The first-order valence-corrected chi connectivity index (χ1v) is 4.88. The molecule has 0 aliphatic rings. The third-order valence-corrected chi connectivity index (χ3v) is 1.53. The van der Waals surface area contributed by atoms with Crippen LogP contribution in [0.25, 0.3) is 0 Å². The van der Waals surface area contributed by atoms with Crippen molar-refractivity contribution in [2.45, 2.75) is 26.7 Å². The maximum atomic E-state index is 11.1. The number of rotatable bonds is 7. The van der Waals surface area contributed by atoms with Crippen molar-refractivity contribution in [3.05, 3.63) is 0 Å². The molecule has 0 heterocycles. The van der Waals surface area contributed by atoms with Crippen LogP contribution in [-0.2, 0) is 28.7 Å². The summed E-state index contributed by atoms with van der Waals surface area (Å²) in [7, 11) is 0. The summed E-state index contributed by atoms with van der Waals surface area (Å²) in [4.78, 5) is 43.9. The van der Waals surface area contributed by atoms with E-state index in [0.717, 1.165) is 0 Å². The van der Waals surface area contributed by atoms with Crippen LogP contribution in [0.15, 0.2) is 0 Å². The Morgan fingerprint density at radius 3 is 1.31 bits per heavy atom. The van der Waals surface area contributed by atoms with Gasteiger partial charge in [-0.1, -0.05) is 0 Å². The van der Waals surface area contributed by atoms with Gasteiger partial charge in [-0.15, -0.1) is 0 Å². The Balaban J connectivity index is 4.04. The molecule has 0 amide bonds. The van der Waals surface area contributed by atoms with Gasteiger partial charge in [-0.2, -0.15) is 0 Å². The number of hydrogen-bond donors (Lipinski definition) is 0. The molecular weight excluding hydrogens is 216 g/mol. The Labute approximate surface area is 92.9 Å². The van der Waals surface area contributed by atoms with Gasteiger partial charge in [-0.05, 0) is 13.8 Å². The van der Waals surface area contributed by atoms with Crippen molar-refractivity contribution < 1.29 is 28.7 Å². The van der Waals surface area contributed by atoms with E-state index in [9.17, 15) is 19.2 Å². The molecule has 0 radical (unpaired) electrons. The molecule has 0 saturated heterocycles. The van der Waals surface area contributed by atoms with Crippen LogP contribution < -0.4 is 0 Å². The number of Topliss-reactive ketones (excluding diaryl/α,β-unsaturated/α-hetero) is 2. The first kappa shape index (κ1) is 14.3. The Morgan fingerprint density at radius 2 is 1.06 bits per heavy atom. The van der Waals surface area contributed by atoms with Crippen LogP contribution in [0.5, 0.6) is 0 Å². The summed E-state index contributed by atoms with van der Waals surface area (Å²) < 4.78 is 8.97. The standard InChI is InChI=1S/C10H14O6/c1-3-15-9(13)5-7(11)8(12)6-10(14)16-4-2/h3-6H2,1-2H3. The molecule has 0 aliphatic carbocycles. The van der Waals surface area contributed by atoms with Gasteiger partial charge in [0.1, 0.15) is 12.8 Å². The molecule has 0 aromatic carbocycles. The monoisotopic (exact) mass is 230 g/mol. The van der Waals surface area contributed by atoms with E-state index in [1.165, 1.54) is 0 Å². The zero-order chi connectivity index (χ0) is 12.6. The summed E-state index contributed by atoms with van der Waals surface area (Å²) in [6.07, 6.45) is -1.27. The summed E-state index contributed by atoms with van der Waals surface area (Å²) in [5, 5.41) is 0. The lowest BCUT2D eigenvalue weighted by molar-refractivity contribution is -0.152. The molecular formula is C10H14O6. The Hall–Kier alpha value is -1.72. The van der Waals surface area contributed by atoms with Gasteiger partial charge >= 0.3 is 11.9 Å². The molecule has 0 saturated carbocycles. The third kappa shape index (κ3) is 5.90. The lowest BCUT2D eigenvalue weighted by atomic mass is 10.1. The van der Waals surface area contributed by atoms with Gasteiger partial charge in [0.05, 0.1) is 13.2 Å². The van der Waals surface area contributed by atoms with Gasteiger partial charge in [0.15, 0.2) is 0 Å². The number of hydrogen-bond acceptors (Lipinski definition) is 6. The molecule has 16 heavy (non-hydrogen) atoms. The second kappa shape index (κ2) is 7.56. The summed E-state index contributed by atoms with van der Waals surface area (Å²) in [5.41, 5.74) is 0. The van der Waals surface area contributed by atoms with Gasteiger partial charge in [-0.3, -0.25) is 19.2 Å². The molecule has 90 valence electrons. The summed E-state index contributed by atoms with van der Waals surface area (Å²) in [6.45, 7) is 3.45. The minimum Gasteiger partial charge on any atom is -0.466 e. The minimum absolute atomic E-state index is 0.137. The maximum absolute atomic E-state index is 11.1. The molecule has 0 fully saturated rings. The highest BCUT2D eigenvalue weighted by molar-refractivity contribution is 6.42. The van der Waals surface area contributed by atoms with E-state index >= 15 is 0 Å². The van der Waals surface area contributed by atoms with Gasteiger partial charge in [0, 0.05) is 0 Å². The van der Waals surface area contributed by atoms with Crippen LogP contribution in [0.2, 0.25) is 0 Å². The number of carbonyl (C=O) groups is 4. The zero-order valence-corrected chi connectivity index (χ0v) is 9.28. The van der Waals surface area contributed by atoms with Crippen molar-refractivity contribution in [2.75, 3.05) is 13.2 Å². The van der Waals surface area contributed by atoms with Crippen LogP contribution in [0.1, 0.15) is 26.7 Å². The number of ether oxygens (including phenoxy) is 2. The van der Waals surface area contributed by atoms with Gasteiger partial charge in [0.2, 0.25) is 11.6 Å². The minimum atomic E-state index is -0.938. The largest absolute Gasteiger partial charge is 0.466 e. The van der Waals surface area contributed by atoms with E-state index in [2.05, 4.69) is 9.47 Å². The highest BCUT2D eigenvalue weighted by atomic mass is 16.5. The van der Waals surface area contributed by atoms with E-state index in [1.54, 1.807) is 13.8 Å². The van der Waals surface area contributed by atoms with Crippen molar-refractivity contribution >= 4 is 23.5 Å². The molecule has 0 aromatic heterocycles. The van der Waals surface area contributed by atoms with Crippen molar-refractivity contribution in [2.24, 2.45) is 0 Å². The summed E-state index contributed by atoms with van der Waals surface area (Å²) in [5.74, 6) is -3.42. The van der Waals surface area contributed by atoms with Gasteiger partial charge in [-0.25, -0.2) is 0 Å². The second-order valence-electron chi connectivity index (χ2n) is 2.81. The molecule has 0 atom stereocenters. The molecule has 0 unspecified atom stereocenters. The fourth-order valence-electron chi connectivity index (χ4n) is 0.883. The molecule has 0 N–H and O–H groups in total. The van der Waals surface area contributed by atoms with Crippen LogP contribution in [0.3, 0.4) is 0 Å². The molecule has 0 aromatic rings.